The Hall–Kier alpha value is -3.28. The van der Waals surface area contributed by atoms with Crippen molar-refractivity contribution in [2.45, 2.75) is 0 Å². The van der Waals surface area contributed by atoms with E-state index in [1.54, 1.807) is 48.5 Å². The van der Waals surface area contributed by atoms with Gasteiger partial charge in [-0.2, -0.15) is 9.53 Å². The SMILES string of the molecule is O=P(N=C=NP(=O)(c1ccccc1)c1ccccc1)(c1ccccc1)c1ccccc1. The number of benzene rings is 4. The normalized spacial score (nSPS) is 11.4. The summed E-state index contributed by atoms with van der Waals surface area (Å²) >= 11 is 0. The Kier molecular flexibility index (Phi) is 6.26. The van der Waals surface area contributed by atoms with Crippen LogP contribution in [0.1, 0.15) is 0 Å². The van der Waals surface area contributed by atoms with Crippen molar-refractivity contribution in [2.24, 2.45) is 9.53 Å². The van der Waals surface area contributed by atoms with Crippen molar-refractivity contribution in [2.75, 3.05) is 0 Å². The molecule has 152 valence electrons. The molecule has 0 unspecified atom stereocenters. The molecule has 0 amide bonds. The molecule has 6 heteroatoms. The second-order valence-electron chi connectivity index (χ2n) is 6.79. The molecule has 0 atom stereocenters. The molecular weight excluding hydrogens is 422 g/mol. The van der Waals surface area contributed by atoms with Crippen LogP contribution in [0.5, 0.6) is 0 Å². The van der Waals surface area contributed by atoms with Crippen LogP contribution in [0.3, 0.4) is 0 Å². The van der Waals surface area contributed by atoms with Crippen LogP contribution in [0.4, 0.5) is 0 Å². The first-order valence-corrected chi connectivity index (χ1v) is 13.1. The molecule has 0 aliphatic heterocycles. The highest BCUT2D eigenvalue weighted by Crippen LogP contribution is 2.47. The topological polar surface area (TPSA) is 58.9 Å². The van der Waals surface area contributed by atoms with Gasteiger partial charge in [0.25, 0.3) is 14.6 Å². The number of nitrogens with zero attached hydrogens (tertiary/aromatic N) is 2. The highest BCUT2D eigenvalue weighted by atomic mass is 31.2. The van der Waals surface area contributed by atoms with Crippen molar-refractivity contribution in [3.8, 4) is 0 Å². The van der Waals surface area contributed by atoms with E-state index in [2.05, 4.69) is 15.5 Å². The Morgan fingerprint density at radius 2 is 0.645 bits per heavy atom. The van der Waals surface area contributed by atoms with Crippen molar-refractivity contribution in [1.82, 2.24) is 0 Å². The monoisotopic (exact) mass is 442 g/mol. The molecule has 0 saturated carbocycles. The fourth-order valence-corrected chi connectivity index (χ4v) is 6.97. The van der Waals surface area contributed by atoms with Gasteiger partial charge in [-0.3, -0.25) is 9.13 Å². The van der Waals surface area contributed by atoms with Gasteiger partial charge < -0.3 is 0 Å². The molecule has 0 bridgehead atoms. The van der Waals surface area contributed by atoms with Crippen LogP contribution >= 0.6 is 14.6 Å². The number of rotatable bonds is 6. The standard InChI is InChI=1S/C25H20N2O2P2/c28-30(22-13-5-1-6-14-22,23-15-7-2-8-16-23)26-21-27-31(29,24-17-9-3-10-18-24)25-19-11-4-12-20-25/h1-20H. The van der Waals surface area contributed by atoms with Gasteiger partial charge in [0.2, 0.25) is 0 Å². The number of hydrogen-bond donors (Lipinski definition) is 0. The fourth-order valence-electron chi connectivity index (χ4n) is 3.20. The second-order valence-corrected chi connectivity index (χ2v) is 11.6. The van der Waals surface area contributed by atoms with Crippen molar-refractivity contribution in [1.29, 1.82) is 0 Å². The summed E-state index contributed by atoms with van der Waals surface area (Å²) in [6, 6.07) is 38.7. The average molecular weight is 442 g/mol. The summed E-state index contributed by atoms with van der Waals surface area (Å²) in [4.78, 5) is 0. The van der Waals surface area contributed by atoms with Gasteiger partial charge in [-0.25, -0.2) is 0 Å². The quantitative estimate of drug-likeness (QED) is 0.311. The van der Waals surface area contributed by atoms with Gasteiger partial charge in [-0.1, -0.05) is 72.8 Å². The zero-order valence-electron chi connectivity index (χ0n) is 16.7. The van der Waals surface area contributed by atoms with Gasteiger partial charge in [-0.15, -0.1) is 0 Å². The summed E-state index contributed by atoms with van der Waals surface area (Å²) in [6.07, 6.45) is 0. The Bertz CT molecular complexity index is 1120. The summed E-state index contributed by atoms with van der Waals surface area (Å²) < 4.78 is 36.6. The van der Waals surface area contributed by atoms with E-state index in [4.69, 9.17) is 0 Å². The summed E-state index contributed by atoms with van der Waals surface area (Å²) in [5, 5.41) is 2.27. The predicted octanol–water partition coefficient (Wildman–Crippen LogP) is 5.02. The first-order valence-electron chi connectivity index (χ1n) is 9.75. The smallest absolute Gasteiger partial charge is 0.256 e. The lowest BCUT2D eigenvalue weighted by Crippen LogP contribution is -2.15. The van der Waals surface area contributed by atoms with Crippen LogP contribution in [0, 0.1) is 0 Å². The molecule has 4 nitrogen and oxygen atoms in total. The summed E-state index contributed by atoms with van der Waals surface area (Å²) in [6.45, 7) is 0. The molecule has 4 aromatic rings. The Labute approximate surface area is 181 Å². The first kappa shape index (κ1) is 21.0. The fraction of sp³-hybridized carbons (Fsp3) is 0. The van der Waals surface area contributed by atoms with Crippen LogP contribution in [0.25, 0.3) is 0 Å². The average Bonchev–Trinajstić information content (AvgIpc) is 2.86. The van der Waals surface area contributed by atoms with E-state index in [0.29, 0.717) is 21.2 Å². The maximum absolute atomic E-state index is 14.0. The summed E-state index contributed by atoms with van der Waals surface area (Å²) in [5.74, 6) is 0. The molecule has 0 spiro atoms. The minimum absolute atomic E-state index is 0.568. The lowest BCUT2D eigenvalue weighted by molar-refractivity contribution is 0.588. The first-order chi connectivity index (χ1) is 15.1. The molecule has 0 fully saturated rings. The van der Waals surface area contributed by atoms with Gasteiger partial charge in [0.1, 0.15) is 6.01 Å². The number of hydrogen-bond acceptors (Lipinski definition) is 2. The molecule has 0 radical (unpaired) electrons. The molecule has 0 N–H and O–H groups in total. The molecule has 4 rings (SSSR count). The second kappa shape index (κ2) is 9.25. The van der Waals surface area contributed by atoms with Crippen LogP contribution in [-0.2, 0) is 9.13 Å². The largest absolute Gasteiger partial charge is 0.287 e. The van der Waals surface area contributed by atoms with E-state index in [1.807, 2.05) is 72.8 Å². The van der Waals surface area contributed by atoms with Gasteiger partial charge in [0, 0.05) is 21.2 Å². The third-order valence-electron chi connectivity index (χ3n) is 4.80. The molecular formula is C25H20N2O2P2. The highest BCUT2D eigenvalue weighted by Gasteiger charge is 2.28. The third kappa shape index (κ3) is 4.43. The molecule has 4 aromatic carbocycles. The third-order valence-corrected chi connectivity index (χ3v) is 9.53. The Balaban J connectivity index is 1.87. The van der Waals surface area contributed by atoms with E-state index in [1.165, 1.54) is 0 Å². The van der Waals surface area contributed by atoms with E-state index in [0.717, 1.165) is 0 Å². The van der Waals surface area contributed by atoms with Crippen LogP contribution in [0.15, 0.2) is 131 Å². The maximum atomic E-state index is 14.0. The Morgan fingerprint density at radius 3 is 0.871 bits per heavy atom. The van der Waals surface area contributed by atoms with E-state index < -0.39 is 14.6 Å². The molecule has 0 aliphatic rings. The minimum atomic E-state index is -3.39. The van der Waals surface area contributed by atoms with Gasteiger partial charge in [0.15, 0.2) is 0 Å². The van der Waals surface area contributed by atoms with Crippen molar-refractivity contribution in [3.05, 3.63) is 121 Å². The van der Waals surface area contributed by atoms with Gasteiger partial charge in [-0.05, 0) is 48.5 Å². The minimum Gasteiger partial charge on any atom is -0.287 e. The molecule has 0 saturated heterocycles. The summed E-state index contributed by atoms with van der Waals surface area (Å²) in [5.41, 5.74) is 0. The van der Waals surface area contributed by atoms with Crippen molar-refractivity contribution < 1.29 is 9.13 Å². The Morgan fingerprint density at radius 1 is 0.419 bits per heavy atom. The van der Waals surface area contributed by atoms with Crippen LogP contribution in [0.2, 0.25) is 0 Å². The van der Waals surface area contributed by atoms with Gasteiger partial charge in [0.05, 0.1) is 0 Å². The molecule has 31 heavy (non-hydrogen) atoms. The van der Waals surface area contributed by atoms with E-state index in [9.17, 15) is 9.13 Å². The lowest BCUT2D eigenvalue weighted by atomic mass is 10.4. The zero-order valence-corrected chi connectivity index (χ0v) is 18.4. The highest BCUT2D eigenvalue weighted by molar-refractivity contribution is 7.78. The van der Waals surface area contributed by atoms with Crippen molar-refractivity contribution in [3.63, 3.8) is 0 Å². The molecule has 0 aromatic heterocycles. The van der Waals surface area contributed by atoms with E-state index >= 15 is 0 Å². The van der Waals surface area contributed by atoms with Crippen LogP contribution < -0.4 is 21.2 Å². The molecule has 0 heterocycles. The van der Waals surface area contributed by atoms with Crippen LogP contribution in [-0.4, -0.2) is 6.01 Å². The van der Waals surface area contributed by atoms with Crippen molar-refractivity contribution >= 4 is 41.8 Å². The molecule has 0 aliphatic carbocycles. The zero-order chi connectivity index (χ0) is 21.6. The van der Waals surface area contributed by atoms with E-state index in [-0.39, 0.29) is 0 Å². The maximum Gasteiger partial charge on any atom is 0.256 e. The predicted molar refractivity (Wildman–Crippen MR) is 129 cm³/mol. The lowest BCUT2D eigenvalue weighted by Gasteiger charge is -2.14. The summed E-state index contributed by atoms with van der Waals surface area (Å²) in [7, 11) is -6.79. The van der Waals surface area contributed by atoms with Gasteiger partial charge >= 0.3 is 0 Å².